The van der Waals surface area contributed by atoms with E-state index in [2.05, 4.69) is 4.98 Å². The van der Waals surface area contributed by atoms with E-state index >= 15 is 0 Å². The molecule has 5 nitrogen and oxygen atoms in total. The minimum atomic E-state index is -0.0778. The van der Waals surface area contributed by atoms with Crippen LogP contribution in [-0.4, -0.2) is 28.5 Å². The van der Waals surface area contributed by atoms with E-state index in [0.29, 0.717) is 35.9 Å². The number of nitrogens with zero attached hydrogens (tertiary/aromatic N) is 3. The van der Waals surface area contributed by atoms with Crippen molar-refractivity contribution in [2.45, 2.75) is 19.3 Å². The molecule has 0 amide bonds. The second kappa shape index (κ2) is 5.19. The number of hydrogen-bond donors (Lipinski definition) is 0. The highest BCUT2D eigenvalue weighted by molar-refractivity contribution is 6.31. The molecule has 0 N–H and O–H groups in total. The van der Waals surface area contributed by atoms with Crippen LogP contribution in [0.3, 0.4) is 0 Å². The third-order valence-electron chi connectivity index (χ3n) is 4.72. The number of carbonyl (C=O) groups is 1. The Morgan fingerprint density at radius 2 is 2.26 bits per heavy atom. The fraction of sp³-hybridized carbons (Fsp3) is 0.353. The first kappa shape index (κ1) is 14.4. The number of imidazole rings is 1. The lowest BCUT2D eigenvalue weighted by molar-refractivity contribution is 0.0836. The van der Waals surface area contributed by atoms with Crippen LogP contribution in [-0.2, 0) is 11.2 Å². The van der Waals surface area contributed by atoms with Gasteiger partial charge in [0.1, 0.15) is 18.1 Å². The molecule has 1 saturated heterocycles. The predicted molar refractivity (Wildman–Crippen MR) is 83.8 cm³/mol. The van der Waals surface area contributed by atoms with Gasteiger partial charge < -0.3 is 4.74 Å². The smallest absolute Gasteiger partial charge is 0.182 e. The molecule has 0 radical (unpaired) electrons. The van der Waals surface area contributed by atoms with Crippen LogP contribution in [0.1, 0.15) is 34.6 Å². The second-order valence-corrected chi connectivity index (χ2v) is 6.67. The summed E-state index contributed by atoms with van der Waals surface area (Å²) < 4.78 is 7.27. The van der Waals surface area contributed by atoms with Crippen LogP contribution >= 0.6 is 11.6 Å². The third-order valence-corrected chi connectivity index (χ3v) is 5.03. The Morgan fingerprint density at radius 3 is 2.96 bits per heavy atom. The molecule has 116 valence electrons. The van der Waals surface area contributed by atoms with Crippen molar-refractivity contribution >= 4 is 17.4 Å². The third kappa shape index (κ3) is 2.26. The number of nitriles is 1. The van der Waals surface area contributed by atoms with E-state index in [4.69, 9.17) is 21.6 Å². The van der Waals surface area contributed by atoms with E-state index in [9.17, 15) is 4.79 Å². The zero-order valence-electron chi connectivity index (χ0n) is 12.4. The first-order valence-electron chi connectivity index (χ1n) is 7.49. The summed E-state index contributed by atoms with van der Waals surface area (Å²) in [6.45, 7) is 1.35. The Bertz CT molecular complexity index is 844. The number of fused-ring (bicyclic) bond motifs is 1. The molecule has 4 rings (SSSR count). The number of aromatic nitrogens is 2. The van der Waals surface area contributed by atoms with Crippen LogP contribution in [0.15, 0.2) is 24.5 Å². The van der Waals surface area contributed by atoms with Crippen LogP contribution in [0, 0.1) is 16.7 Å². The summed E-state index contributed by atoms with van der Waals surface area (Å²) in [6, 6.07) is 7.16. The van der Waals surface area contributed by atoms with E-state index in [0.717, 1.165) is 24.2 Å². The molecule has 1 spiro atoms. The normalized spacial score (nSPS) is 23.0. The minimum absolute atomic E-state index is 0.0778. The molecule has 1 atom stereocenters. The van der Waals surface area contributed by atoms with Gasteiger partial charge in [0.25, 0.3) is 0 Å². The number of ketones is 1. The van der Waals surface area contributed by atoms with Crippen LogP contribution < -0.4 is 0 Å². The van der Waals surface area contributed by atoms with Crippen molar-refractivity contribution in [2.75, 3.05) is 13.2 Å². The van der Waals surface area contributed by atoms with Crippen LogP contribution in [0.2, 0.25) is 5.02 Å². The monoisotopic (exact) mass is 327 g/mol. The predicted octanol–water partition coefficient (Wildman–Crippen LogP) is 2.93. The summed E-state index contributed by atoms with van der Waals surface area (Å²) in [5.74, 6) is 0.0923. The van der Waals surface area contributed by atoms with Crippen molar-refractivity contribution in [3.8, 4) is 11.8 Å². The number of ether oxygens (including phenoxy) is 1. The van der Waals surface area contributed by atoms with Crippen molar-refractivity contribution in [3.05, 3.63) is 46.5 Å². The van der Waals surface area contributed by atoms with Gasteiger partial charge in [0.05, 0.1) is 22.9 Å². The summed E-state index contributed by atoms with van der Waals surface area (Å²) in [4.78, 5) is 17.2. The molecule has 23 heavy (non-hydrogen) atoms. The maximum atomic E-state index is 12.7. The second-order valence-electron chi connectivity index (χ2n) is 6.27. The molecule has 1 aliphatic carbocycles. The highest BCUT2D eigenvalue weighted by Gasteiger charge is 2.43. The number of Topliss-reactive ketones (excluding diaryl/α,β-unsaturated/α-hetero) is 1. The van der Waals surface area contributed by atoms with E-state index in [1.54, 1.807) is 29.1 Å². The average Bonchev–Trinajstić information content (AvgIpc) is 3.15. The lowest BCUT2D eigenvalue weighted by atomic mass is 9.73. The van der Waals surface area contributed by atoms with Gasteiger partial charge in [0, 0.05) is 30.6 Å². The van der Waals surface area contributed by atoms with Crippen molar-refractivity contribution in [3.63, 3.8) is 0 Å². The topological polar surface area (TPSA) is 67.9 Å². The zero-order valence-corrected chi connectivity index (χ0v) is 13.1. The molecular formula is C17H14ClN3O2. The molecule has 1 aromatic carbocycles. The first-order valence-corrected chi connectivity index (χ1v) is 7.87. The van der Waals surface area contributed by atoms with Crippen molar-refractivity contribution in [2.24, 2.45) is 5.41 Å². The van der Waals surface area contributed by atoms with Gasteiger partial charge in [-0.3, -0.25) is 9.36 Å². The van der Waals surface area contributed by atoms with Gasteiger partial charge in [0.15, 0.2) is 5.78 Å². The number of benzene rings is 1. The largest absolute Gasteiger partial charge is 0.381 e. The SMILES string of the molecule is N#Cc1ccc(-n2cnc3c2C(=O)C[C@]2(CCOC2)C3)cc1Cl. The molecule has 2 aromatic rings. The Morgan fingerprint density at radius 1 is 1.39 bits per heavy atom. The van der Waals surface area contributed by atoms with Gasteiger partial charge in [-0.15, -0.1) is 0 Å². The summed E-state index contributed by atoms with van der Waals surface area (Å²) >= 11 is 6.11. The lowest BCUT2D eigenvalue weighted by Gasteiger charge is -2.30. The first-order chi connectivity index (χ1) is 11.1. The Balaban J connectivity index is 1.77. The minimum Gasteiger partial charge on any atom is -0.381 e. The summed E-state index contributed by atoms with van der Waals surface area (Å²) in [5, 5.41) is 9.34. The molecule has 6 heteroatoms. The van der Waals surface area contributed by atoms with Crippen molar-refractivity contribution in [1.82, 2.24) is 9.55 Å². The van der Waals surface area contributed by atoms with Crippen molar-refractivity contribution < 1.29 is 9.53 Å². The zero-order chi connectivity index (χ0) is 16.0. The fourth-order valence-electron chi connectivity index (χ4n) is 3.52. The Hall–Kier alpha value is -2.16. The molecule has 0 saturated carbocycles. The maximum absolute atomic E-state index is 12.7. The van der Waals surface area contributed by atoms with Gasteiger partial charge in [-0.05, 0) is 24.6 Å². The van der Waals surface area contributed by atoms with E-state index in [1.165, 1.54) is 0 Å². The molecule has 2 aliphatic rings. The van der Waals surface area contributed by atoms with E-state index < -0.39 is 0 Å². The summed E-state index contributed by atoms with van der Waals surface area (Å²) in [7, 11) is 0. The molecule has 1 aliphatic heterocycles. The lowest BCUT2D eigenvalue weighted by Crippen LogP contribution is -2.33. The standard InChI is InChI=1S/C17H14ClN3O2/c18-13-5-12(2-1-11(13)8-19)21-10-20-14-6-17(3-4-23-9-17)7-15(22)16(14)21/h1-2,5,10H,3-4,6-7,9H2/t17-/m0/s1. The molecule has 1 aromatic heterocycles. The summed E-state index contributed by atoms with van der Waals surface area (Å²) in [6.07, 6.45) is 3.84. The number of rotatable bonds is 1. The van der Waals surface area contributed by atoms with Gasteiger partial charge in [0.2, 0.25) is 0 Å². The van der Waals surface area contributed by atoms with Gasteiger partial charge in [-0.2, -0.15) is 5.26 Å². The molecule has 2 heterocycles. The Labute approximate surface area is 138 Å². The maximum Gasteiger partial charge on any atom is 0.182 e. The van der Waals surface area contributed by atoms with Crippen LogP contribution in [0.5, 0.6) is 0 Å². The Kier molecular flexibility index (Phi) is 3.26. The number of hydrogen-bond acceptors (Lipinski definition) is 4. The quantitative estimate of drug-likeness (QED) is 0.807. The van der Waals surface area contributed by atoms with E-state index in [1.807, 2.05) is 6.07 Å². The highest BCUT2D eigenvalue weighted by atomic mass is 35.5. The average molecular weight is 328 g/mol. The number of halogens is 1. The van der Waals surface area contributed by atoms with E-state index in [-0.39, 0.29) is 11.2 Å². The molecule has 0 bridgehead atoms. The highest BCUT2D eigenvalue weighted by Crippen LogP contribution is 2.41. The summed E-state index contributed by atoms with van der Waals surface area (Å²) in [5.41, 5.74) is 2.54. The van der Waals surface area contributed by atoms with Gasteiger partial charge in [-0.25, -0.2) is 4.98 Å². The van der Waals surface area contributed by atoms with Gasteiger partial charge >= 0.3 is 0 Å². The van der Waals surface area contributed by atoms with Crippen LogP contribution in [0.4, 0.5) is 0 Å². The van der Waals surface area contributed by atoms with Crippen molar-refractivity contribution in [1.29, 1.82) is 5.26 Å². The molecule has 0 unspecified atom stereocenters. The number of carbonyl (C=O) groups excluding carboxylic acids is 1. The van der Waals surface area contributed by atoms with Crippen LogP contribution in [0.25, 0.3) is 5.69 Å². The fourth-order valence-corrected chi connectivity index (χ4v) is 3.74. The molecular weight excluding hydrogens is 314 g/mol. The van der Waals surface area contributed by atoms with Gasteiger partial charge in [-0.1, -0.05) is 11.6 Å². The molecule has 1 fully saturated rings.